The molecule has 0 aromatic heterocycles. The summed E-state index contributed by atoms with van der Waals surface area (Å²) in [5.41, 5.74) is 0. The van der Waals surface area contributed by atoms with Gasteiger partial charge in [0.25, 0.3) is 0 Å². The third-order valence-corrected chi connectivity index (χ3v) is 6.55. The molecule has 162 valence electrons. The number of unbranched alkanes of at least 4 members (excludes halogenated alkanes) is 4. The normalized spacial score (nSPS) is 22.9. The zero-order valence-corrected chi connectivity index (χ0v) is 17.0. The van der Waals surface area contributed by atoms with Crippen molar-refractivity contribution in [3.05, 3.63) is 24.3 Å². The van der Waals surface area contributed by atoms with Crippen LogP contribution in [0.15, 0.2) is 29.2 Å². The van der Waals surface area contributed by atoms with Crippen LogP contribution in [-0.4, -0.2) is 5.97 Å². The lowest BCUT2D eigenvalue weighted by molar-refractivity contribution is -0.140. The van der Waals surface area contributed by atoms with Crippen LogP contribution >= 0.6 is 10.2 Å². The van der Waals surface area contributed by atoms with E-state index in [1.54, 1.807) is 0 Å². The summed E-state index contributed by atoms with van der Waals surface area (Å²) in [6.45, 7) is 2.18. The summed E-state index contributed by atoms with van der Waals surface area (Å²) >= 11 is 0. The first-order chi connectivity index (χ1) is 12.9. The average molecular weight is 429 g/mol. The number of halogens is 5. The molecule has 1 aliphatic rings. The van der Waals surface area contributed by atoms with Crippen molar-refractivity contribution in [2.75, 3.05) is 0 Å². The monoisotopic (exact) mass is 428 g/mol. The van der Waals surface area contributed by atoms with Gasteiger partial charge in [-0.1, -0.05) is 64.9 Å². The number of carbonyl (C=O) groups is 1. The van der Waals surface area contributed by atoms with E-state index in [1.165, 1.54) is 38.5 Å². The lowest BCUT2D eigenvalue weighted by Gasteiger charge is -2.40. The average Bonchev–Trinajstić information content (AvgIpc) is 2.60. The topological polar surface area (TPSA) is 26.3 Å². The summed E-state index contributed by atoms with van der Waals surface area (Å²) in [4.78, 5) is 10.2. The van der Waals surface area contributed by atoms with E-state index in [9.17, 15) is 24.2 Å². The Hall–Kier alpha value is -1.31. The minimum absolute atomic E-state index is 0.145. The van der Waals surface area contributed by atoms with Crippen molar-refractivity contribution < 1.29 is 29.0 Å². The fourth-order valence-corrected chi connectivity index (χ4v) is 4.34. The largest absolute Gasteiger partial charge is 0.426 e. The molecule has 0 aliphatic heterocycles. The predicted molar refractivity (Wildman–Crippen MR) is 102 cm³/mol. The van der Waals surface area contributed by atoms with E-state index in [1.807, 2.05) is 0 Å². The van der Waals surface area contributed by atoms with Crippen LogP contribution in [0.5, 0.6) is 5.75 Å². The second-order valence-electron chi connectivity index (χ2n) is 7.78. The van der Waals surface area contributed by atoms with Gasteiger partial charge in [-0.05, 0) is 55.9 Å². The standard InChI is InChI=1S/C20H29F5O2S/c1-2-3-4-5-6-7-16-8-10-17(11-9-16)20(26)27-18-12-14-19(15-13-18)28(21,22,23,24)25/h12-17H,2-11H2,1H3. The summed E-state index contributed by atoms with van der Waals surface area (Å²) in [6, 6.07) is 2.07. The van der Waals surface area contributed by atoms with E-state index in [0.717, 1.165) is 25.0 Å². The van der Waals surface area contributed by atoms with Gasteiger partial charge in [0, 0.05) is 0 Å². The molecule has 0 saturated heterocycles. The SMILES string of the molecule is CCCCCCCC1CCC(C(=O)Oc2ccc(S(F)(F)(F)(F)F)cc2)CC1. The van der Waals surface area contributed by atoms with Gasteiger partial charge in [0.15, 0.2) is 0 Å². The molecular weight excluding hydrogens is 399 g/mol. The molecule has 1 saturated carbocycles. The highest BCUT2D eigenvalue weighted by Crippen LogP contribution is 3.02. The fraction of sp³-hybridized carbons (Fsp3) is 0.650. The summed E-state index contributed by atoms with van der Waals surface area (Å²) < 4.78 is 68.7. The van der Waals surface area contributed by atoms with Gasteiger partial charge in [-0.3, -0.25) is 4.79 Å². The molecule has 0 spiro atoms. The molecule has 0 atom stereocenters. The lowest BCUT2D eigenvalue weighted by Crippen LogP contribution is -2.25. The predicted octanol–water partition coefficient (Wildman–Crippen LogP) is 8.42. The third kappa shape index (κ3) is 7.26. The summed E-state index contributed by atoms with van der Waals surface area (Å²) in [5.74, 6) is -0.316. The minimum atomic E-state index is -9.70. The maximum absolute atomic E-state index is 12.7. The van der Waals surface area contributed by atoms with Gasteiger partial charge < -0.3 is 4.74 Å². The van der Waals surface area contributed by atoms with Crippen LogP contribution in [0.25, 0.3) is 0 Å². The number of carbonyl (C=O) groups excluding carboxylic acids is 1. The molecule has 2 nitrogen and oxygen atoms in total. The summed E-state index contributed by atoms with van der Waals surface area (Å²) in [7, 11) is -9.70. The molecule has 1 aromatic carbocycles. The Balaban J connectivity index is 1.79. The Kier molecular flexibility index (Phi) is 6.73. The van der Waals surface area contributed by atoms with Gasteiger partial charge in [-0.25, -0.2) is 0 Å². The Morgan fingerprint density at radius 3 is 2.04 bits per heavy atom. The molecule has 0 bridgehead atoms. The van der Waals surface area contributed by atoms with Crippen LogP contribution in [0, 0.1) is 11.8 Å². The van der Waals surface area contributed by atoms with Gasteiger partial charge in [0.2, 0.25) is 0 Å². The van der Waals surface area contributed by atoms with Crippen molar-refractivity contribution >= 4 is 16.2 Å². The molecule has 2 rings (SSSR count). The van der Waals surface area contributed by atoms with Gasteiger partial charge >= 0.3 is 16.2 Å². The molecule has 1 fully saturated rings. The summed E-state index contributed by atoms with van der Waals surface area (Å²) in [6.07, 6.45) is 10.6. The molecule has 1 aromatic rings. The quantitative estimate of drug-likeness (QED) is 0.171. The van der Waals surface area contributed by atoms with E-state index in [2.05, 4.69) is 6.92 Å². The van der Waals surface area contributed by atoms with Crippen LogP contribution in [0.4, 0.5) is 19.4 Å². The van der Waals surface area contributed by atoms with E-state index in [4.69, 9.17) is 4.74 Å². The Morgan fingerprint density at radius 2 is 1.50 bits per heavy atom. The molecule has 0 unspecified atom stereocenters. The lowest BCUT2D eigenvalue weighted by atomic mass is 9.80. The summed E-state index contributed by atoms with van der Waals surface area (Å²) in [5, 5.41) is 0. The van der Waals surface area contributed by atoms with Gasteiger partial charge in [-0.15, -0.1) is 0 Å². The molecule has 0 N–H and O–H groups in total. The van der Waals surface area contributed by atoms with Crippen LogP contribution in [0.2, 0.25) is 0 Å². The van der Waals surface area contributed by atoms with Crippen LogP contribution in [-0.2, 0) is 4.79 Å². The molecule has 8 heteroatoms. The van der Waals surface area contributed by atoms with Crippen LogP contribution in [0.3, 0.4) is 0 Å². The second-order valence-corrected chi connectivity index (χ2v) is 10.2. The van der Waals surface area contributed by atoms with Crippen molar-refractivity contribution in [2.24, 2.45) is 11.8 Å². The highest BCUT2D eigenvalue weighted by molar-refractivity contribution is 8.45. The van der Waals surface area contributed by atoms with E-state index < -0.39 is 21.1 Å². The highest BCUT2D eigenvalue weighted by atomic mass is 32.5. The van der Waals surface area contributed by atoms with Crippen LogP contribution in [0.1, 0.15) is 71.1 Å². The fourth-order valence-electron chi connectivity index (χ4n) is 3.69. The van der Waals surface area contributed by atoms with Gasteiger partial charge in [0.1, 0.15) is 10.6 Å². The van der Waals surface area contributed by atoms with Crippen molar-refractivity contribution in [2.45, 2.75) is 76.0 Å². The number of benzene rings is 1. The Morgan fingerprint density at radius 1 is 0.929 bits per heavy atom. The number of hydrogen-bond acceptors (Lipinski definition) is 2. The Bertz CT molecular complexity index is 650. The first-order valence-corrected chi connectivity index (χ1v) is 11.9. The van der Waals surface area contributed by atoms with Crippen LogP contribution < -0.4 is 4.74 Å². The Labute approximate surface area is 163 Å². The van der Waals surface area contributed by atoms with Crippen molar-refractivity contribution in [1.82, 2.24) is 0 Å². The molecule has 1 aliphatic carbocycles. The first-order valence-electron chi connectivity index (χ1n) is 9.95. The molecule has 0 amide bonds. The van der Waals surface area contributed by atoms with E-state index in [-0.39, 0.29) is 23.8 Å². The highest BCUT2D eigenvalue weighted by Gasteiger charge is 2.65. The second kappa shape index (κ2) is 8.20. The molecule has 0 heterocycles. The number of esters is 1. The zero-order chi connectivity index (χ0) is 20.9. The number of hydrogen-bond donors (Lipinski definition) is 0. The first kappa shape index (κ1) is 23.0. The molecular formula is C20H29F5O2S. The maximum atomic E-state index is 12.7. The number of rotatable bonds is 9. The van der Waals surface area contributed by atoms with Gasteiger partial charge in [0.05, 0.1) is 5.92 Å². The van der Waals surface area contributed by atoms with Crippen molar-refractivity contribution in [1.29, 1.82) is 0 Å². The smallest absolute Gasteiger partial charge is 0.314 e. The maximum Gasteiger partial charge on any atom is 0.314 e. The van der Waals surface area contributed by atoms with Crippen molar-refractivity contribution in [3.63, 3.8) is 0 Å². The molecule has 28 heavy (non-hydrogen) atoms. The third-order valence-electron chi connectivity index (χ3n) is 5.38. The molecule has 0 radical (unpaired) electrons. The van der Waals surface area contributed by atoms with Gasteiger partial charge in [-0.2, -0.15) is 0 Å². The van der Waals surface area contributed by atoms with Crippen molar-refractivity contribution in [3.8, 4) is 5.75 Å². The zero-order valence-electron chi connectivity index (χ0n) is 16.1. The number of ether oxygens (including phenoxy) is 1. The van der Waals surface area contributed by atoms with E-state index in [0.29, 0.717) is 18.8 Å². The van der Waals surface area contributed by atoms with E-state index >= 15 is 0 Å². The minimum Gasteiger partial charge on any atom is -0.426 e.